The van der Waals surface area contributed by atoms with Gasteiger partial charge in [0.05, 0.1) is 17.3 Å². The summed E-state index contributed by atoms with van der Waals surface area (Å²) in [4.78, 5) is 14.5. The quantitative estimate of drug-likeness (QED) is 0.700. The highest BCUT2D eigenvalue weighted by atomic mass is 19.4. The second-order valence-electron chi connectivity index (χ2n) is 3.11. The van der Waals surface area contributed by atoms with E-state index in [9.17, 15) is 23.2 Å². The lowest BCUT2D eigenvalue weighted by Crippen LogP contribution is -2.18. The van der Waals surface area contributed by atoms with Crippen molar-refractivity contribution in [1.29, 1.82) is 0 Å². The third-order valence-electron chi connectivity index (χ3n) is 2.05. The normalized spacial score (nSPS) is 11.9. The molecule has 16 heavy (non-hydrogen) atoms. The van der Waals surface area contributed by atoms with E-state index in [2.05, 4.69) is 4.98 Å². The Hall–Kier alpha value is -2.05. The molecule has 0 atom stereocenters. The first-order valence-corrected chi connectivity index (χ1v) is 4.18. The van der Waals surface area contributed by atoms with Gasteiger partial charge in [-0.05, 0) is 18.2 Å². The van der Waals surface area contributed by atoms with Crippen molar-refractivity contribution >= 4 is 11.0 Å². The number of hydrogen-bond donors (Lipinski definition) is 1. The molecule has 0 fully saturated rings. The molecule has 84 valence electrons. The summed E-state index contributed by atoms with van der Waals surface area (Å²) in [6, 6.07) is 2.53. The van der Waals surface area contributed by atoms with E-state index in [-0.39, 0.29) is 15.8 Å². The standard InChI is InChI=1S/C9H5F3N2O2/c10-9(11,12)5-1-2-7-6(3-5)13-4-8(15)14(7)16/h1-4,16H. The highest BCUT2D eigenvalue weighted by molar-refractivity contribution is 5.75. The first-order valence-electron chi connectivity index (χ1n) is 4.18. The van der Waals surface area contributed by atoms with Crippen LogP contribution in [0.2, 0.25) is 0 Å². The smallest absolute Gasteiger partial charge is 0.416 e. The molecule has 4 nitrogen and oxygen atoms in total. The minimum Gasteiger partial charge on any atom is -0.425 e. The van der Waals surface area contributed by atoms with Crippen LogP contribution in [0, 0.1) is 0 Å². The van der Waals surface area contributed by atoms with Crippen LogP contribution in [0.4, 0.5) is 13.2 Å². The Bertz CT molecular complexity index is 604. The summed E-state index contributed by atoms with van der Waals surface area (Å²) < 4.78 is 37.3. The van der Waals surface area contributed by atoms with Gasteiger partial charge in [0.25, 0.3) is 0 Å². The number of benzene rings is 1. The molecule has 0 saturated heterocycles. The van der Waals surface area contributed by atoms with Crippen LogP contribution in [0.3, 0.4) is 0 Å². The zero-order valence-corrected chi connectivity index (χ0v) is 7.69. The molecule has 1 N–H and O–H groups in total. The van der Waals surface area contributed by atoms with Crippen LogP contribution in [-0.4, -0.2) is 14.9 Å². The molecular formula is C9H5F3N2O2. The molecule has 0 unspecified atom stereocenters. The van der Waals surface area contributed by atoms with Gasteiger partial charge in [-0.1, -0.05) is 0 Å². The topological polar surface area (TPSA) is 55.1 Å². The Kier molecular flexibility index (Phi) is 2.11. The number of aromatic nitrogens is 2. The summed E-state index contributed by atoms with van der Waals surface area (Å²) in [5.41, 5.74) is -1.85. The molecular weight excluding hydrogens is 225 g/mol. The van der Waals surface area contributed by atoms with Crippen LogP contribution in [-0.2, 0) is 6.18 Å². The monoisotopic (exact) mass is 230 g/mol. The molecule has 7 heteroatoms. The van der Waals surface area contributed by atoms with Gasteiger partial charge in [0.2, 0.25) is 0 Å². The highest BCUT2D eigenvalue weighted by Gasteiger charge is 2.30. The van der Waals surface area contributed by atoms with Gasteiger partial charge >= 0.3 is 11.7 Å². The minimum atomic E-state index is -4.48. The number of nitrogens with zero attached hydrogens (tertiary/aromatic N) is 2. The van der Waals surface area contributed by atoms with Crippen molar-refractivity contribution in [1.82, 2.24) is 9.71 Å². The van der Waals surface area contributed by atoms with Gasteiger partial charge in [-0.25, -0.2) is 4.98 Å². The van der Waals surface area contributed by atoms with E-state index in [1.807, 2.05) is 0 Å². The third-order valence-corrected chi connectivity index (χ3v) is 2.05. The summed E-state index contributed by atoms with van der Waals surface area (Å²) in [7, 11) is 0. The number of halogens is 3. The van der Waals surface area contributed by atoms with Gasteiger partial charge in [0.1, 0.15) is 5.52 Å². The number of hydrogen-bond acceptors (Lipinski definition) is 3. The fourth-order valence-corrected chi connectivity index (χ4v) is 1.28. The van der Waals surface area contributed by atoms with E-state index in [0.717, 1.165) is 24.4 Å². The lowest BCUT2D eigenvalue weighted by Gasteiger charge is -2.07. The van der Waals surface area contributed by atoms with Crippen molar-refractivity contribution in [2.45, 2.75) is 6.18 Å². The second kappa shape index (κ2) is 3.22. The SMILES string of the molecule is O=c1cnc2cc(C(F)(F)F)ccc2n1O. The molecule has 0 bridgehead atoms. The van der Waals surface area contributed by atoms with E-state index in [0.29, 0.717) is 0 Å². The molecule has 0 spiro atoms. The largest absolute Gasteiger partial charge is 0.425 e. The maximum Gasteiger partial charge on any atom is 0.416 e. The number of alkyl halides is 3. The lowest BCUT2D eigenvalue weighted by molar-refractivity contribution is -0.137. The third kappa shape index (κ3) is 1.60. The molecule has 0 aliphatic carbocycles. The van der Waals surface area contributed by atoms with Crippen molar-refractivity contribution in [2.75, 3.05) is 0 Å². The molecule has 0 amide bonds. The van der Waals surface area contributed by atoms with Gasteiger partial charge in [-0.2, -0.15) is 13.2 Å². The average molecular weight is 230 g/mol. The molecule has 1 heterocycles. The van der Waals surface area contributed by atoms with E-state index in [1.165, 1.54) is 0 Å². The molecule has 1 aromatic carbocycles. The fraction of sp³-hybridized carbons (Fsp3) is 0.111. The first-order chi connectivity index (χ1) is 7.39. The van der Waals surface area contributed by atoms with Gasteiger partial charge in [0, 0.05) is 0 Å². The maximum atomic E-state index is 12.3. The van der Waals surface area contributed by atoms with Gasteiger partial charge in [0.15, 0.2) is 0 Å². The Balaban J connectivity index is 2.75. The predicted molar refractivity (Wildman–Crippen MR) is 48.2 cm³/mol. The minimum absolute atomic E-state index is 0.0690. The van der Waals surface area contributed by atoms with E-state index < -0.39 is 17.3 Å². The van der Waals surface area contributed by atoms with Crippen LogP contribution >= 0.6 is 0 Å². The zero-order valence-electron chi connectivity index (χ0n) is 7.69. The summed E-state index contributed by atoms with van der Waals surface area (Å²) in [6.45, 7) is 0. The van der Waals surface area contributed by atoms with E-state index >= 15 is 0 Å². The summed E-state index contributed by atoms with van der Waals surface area (Å²) in [6.07, 6.45) is -3.73. The summed E-state index contributed by atoms with van der Waals surface area (Å²) >= 11 is 0. The van der Waals surface area contributed by atoms with Crippen molar-refractivity contribution in [3.63, 3.8) is 0 Å². The van der Waals surface area contributed by atoms with Crippen molar-refractivity contribution in [3.8, 4) is 0 Å². The maximum absolute atomic E-state index is 12.3. The summed E-state index contributed by atoms with van der Waals surface area (Å²) in [5, 5.41) is 9.23. The van der Waals surface area contributed by atoms with Crippen LogP contribution in [0.15, 0.2) is 29.2 Å². The Labute approximate surface area is 86.5 Å². The second-order valence-corrected chi connectivity index (χ2v) is 3.11. The van der Waals surface area contributed by atoms with E-state index in [4.69, 9.17) is 0 Å². The van der Waals surface area contributed by atoms with Crippen molar-refractivity contribution in [2.24, 2.45) is 0 Å². The molecule has 2 aromatic rings. The Morgan fingerprint density at radius 1 is 1.31 bits per heavy atom. The van der Waals surface area contributed by atoms with Crippen molar-refractivity contribution < 1.29 is 18.4 Å². The molecule has 0 aliphatic heterocycles. The van der Waals surface area contributed by atoms with Crippen LogP contribution < -0.4 is 5.56 Å². The Morgan fingerprint density at radius 2 is 2.00 bits per heavy atom. The highest BCUT2D eigenvalue weighted by Crippen LogP contribution is 2.30. The van der Waals surface area contributed by atoms with E-state index in [1.54, 1.807) is 0 Å². The summed E-state index contributed by atoms with van der Waals surface area (Å²) in [5.74, 6) is 0. The molecule has 0 radical (unpaired) electrons. The van der Waals surface area contributed by atoms with Crippen LogP contribution in [0.1, 0.15) is 5.56 Å². The predicted octanol–water partition coefficient (Wildman–Crippen LogP) is 1.65. The molecule has 0 aliphatic rings. The van der Waals surface area contributed by atoms with Crippen molar-refractivity contribution in [3.05, 3.63) is 40.3 Å². The molecule has 2 rings (SSSR count). The Morgan fingerprint density at radius 3 is 2.62 bits per heavy atom. The zero-order chi connectivity index (χ0) is 11.9. The fourth-order valence-electron chi connectivity index (χ4n) is 1.28. The molecule has 0 saturated carbocycles. The van der Waals surface area contributed by atoms with Gasteiger partial charge in [-0.15, -0.1) is 4.73 Å². The van der Waals surface area contributed by atoms with Crippen LogP contribution in [0.5, 0.6) is 0 Å². The van der Waals surface area contributed by atoms with Crippen LogP contribution in [0.25, 0.3) is 11.0 Å². The lowest BCUT2D eigenvalue weighted by atomic mass is 10.2. The first kappa shape index (κ1) is 10.5. The average Bonchev–Trinajstić information content (AvgIpc) is 2.22. The van der Waals surface area contributed by atoms with Gasteiger partial charge < -0.3 is 5.21 Å². The number of rotatable bonds is 0. The number of fused-ring (bicyclic) bond motifs is 1. The van der Waals surface area contributed by atoms with Gasteiger partial charge in [-0.3, -0.25) is 4.79 Å². The molecule has 1 aromatic heterocycles.